The van der Waals surface area contributed by atoms with Crippen LogP contribution in [0.4, 0.5) is 8.78 Å². The van der Waals surface area contributed by atoms with Gasteiger partial charge < -0.3 is 5.32 Å². The maximum absolute atomic E-state index is 13.4. The third-order valence-electron chi connectivity index (χ3n) is 3.13. The van der Waals surface area contributed by atoms with Crippen LogP contribution in [0.15, 0.2) is 47.4 Å². The Bertz CT molecular complexity index is 821. The Kier molecular flexibility index (Phi) is 5.07. The van der Waals surface area contributed by atoms with Gasteiger partial charge in [-0.2, -0.15) is 0 Å². The average Bonchev–Trinajstić information content (AvgIpc) is 2.46. The number of halogens is 2. The highest BCUT2D eigenvalue weighted by Crippen LogP contribution is 2.10. The minimum Gasteiger partial charge on any atom is -0.352 e. The predicted octanol–water partition coefficient (Wildman–Crippen LogP) is 1.58. The van der Waals surface area contributed by atoms with Crippen molar-refractivity contribution in [3.63, 3.8) is 0 Å². The van der Waals surface area contributed by atoms with E-state index in [9.17, 15) is 22.0 Å². The third kappa shape index (κ3) is 4.57. The molecular formula is C15H14F2N2O3S. The van der Waals surface area contributed by atoms with Crippen LogP contribution in [0, 0.1) is 11.6 Å². The fourth-order valence-corrected chi connectivity index (χ4v) is 2.45. The number of primary sulfonamides is 1. The van der Waals surface area contributed by atoms with Crippen LogP contribution in [0.5, 0.6) is 0 Å². The molecule has 2 aromatic rings. The molecule has 0 fully saturated rings. The largest absolute Gasteiger partial charge is 0.352 e. The van der Waals surface area contributed by atoms with Crippen LogP contribution < -0.4 is 10.5 Å². The van der Waals surface area contributed by atoms with Gasteiger partial charge in [0.25, 0.3) is 5.91 Å². The second-order valence-corrected chi connectivity index (χ2v) is 6.38. The van der Waals surface area contributed by atoms with Crippen LogP contribution in [-0.2, 0) is 16.4 Å². The van der Waals surface area contributed by atoms with Gasteiger partial charge in [0.1, 0.15) is 11.6 Å². The predicted molar refractivity (Wildman–Crippen MR) is 80.2 cm³/mol. The van der Waals surface area contributed by atoms with Crippen molar-refractivity contribution < 1.29 is 22.0 Å². The highest BCUT2D eigenvalue weighted by molar-refractivity contribution is 7.89. The van der Waals surface area contributed by atoms with E-state index in [1.54, 1.807) is 12.1 Å². The zero-order chi connectivity index (χ0) is 17.0. The number of benzene rings is 2. The van der Waals surface area contributed by atoms with E-state index in [4.69, 9.17) is 5.14 Å². The van der Waals surface area contributed by atoms with Gasteiger partial charge >= 0.3 is 0 Å². The van der Waals surface area contributed by atoms with E-state index in [0.29, 0.717) is 12.5 Å². The van der Waals surface area contributed by atoms with Gasteiger partial charge in [0.05, 0.1) is 10.5 Å². The zero-order valence-corrected chi connectivity index (χ0v) is 12.7. The van der Waals surface area contributed by atoms with E-state index >= 15 is 0 Å². The van der Waals surface area contributed by atoms with Crippen LogP contribution in [-0.4, -0.2) is 20.9 Å². The smallest absolute Gasteiger partial charge is 0.254 e. The molecular weight excluding hydrogens is 326 g/mol. The molecule has 5 nitrogen and oxygen atoms in total. The second-order valence-electron chi connectivity index (χ2n) is 4.82. The Labute approximate surface area is 132 Å². The topological polar surface area (TPSA) is 89.3 Å². The number of nitrogens with one attached hydrogen (secondary N) is 1. The standard InChI is InChI=1S/C15H14F2N2O3S/c16-11-3-6-13(14(17)9-11)15(20)19-8-7-10-1-4-12(5-2-10)23(18,21)22/h1-6,9H,7-8H2,(H,19,20)(H2,18,21,22). The zero-order valence-electron chi connectivity index (χ0n) is 11.9. The van der Waals surface area contributed by atoms with Crippen molar-refractivity contribution in [3.8, 4) is 0 Å². The molecule has 0 bridgehead atoms. The lowest BCUT2D eigenvalue weighted by Crippen LogP contribution is -2.26. The molecule has 23 heavy (non-hydrogen) atoms. The summed E-state index contributed by atoms with van der Waals surface area (Å²) in [4.78, 5) is 11.8. The Morgan fingerprint density at radius 2 is 1.74 bits per heavy atom. The molecule has 0 saturated heterocycles. The number of carbonyl (C=O) groups is 1. The molecule has 0 aliphatic carbocycles. The monoisotopic (exact) mass is 340 g/mol. The number of hydrogen-bond acceptors (Lipinski definition) is 3. The molecule has 0 aliphatic rings. The van der Waals surface area contributed by atoms with Gasteiger partial charge in [-0.05, 0) is 36.2 Å². The number of amides is 1. The highest BCUT2D eigenvalue weighted by atomic mass is 32.2. The first kappa shape index (κ1) is 17.0. The first-order chi connectivity index (χ1) is 10.8. The van der Waals surface area contributed by atoms with Crippen molar-refractivity contribution in [1.29, 1.82) is 0 Å². The third-order valence-corrected chi connectivity index (χ3v) is 4.06. The van der Waals surface area contributed by atoms with Gasteiger partial charge in [-0.1, -0.05) is 12.1 Å². The van der Waals surface area contributed by atoms with E-state index in [0.717, 1.165) is 17.7 Å². The van der Waals surface area contributed by atoms with Crippen molar-refractivity contribution >= 4 is 15.9 Å². The summed E-state index contributed by atoms with van der Waals surface area (Å²) in [6, 6.07) is 8.60. The van der Waals surface area contributed by atoms with Crippen molar-refractivity contribution in [2.45, 2.75) is 11.3 Å². The summed E-state index contributed by atoms with van der Waals surface area (Å²) in [5, 5.41) is 7.50. The fourth-order valence-electron chi connectivity index (χ4n) is 1.94. The molecule has 0 unspecified atom stereocenters. The molecule has 0 aliphatic heterocycles. The lowest BCUT2D eigenvalue weighted by Gasteiger charge is -2.07. The van der Waals surface area contributed by atoms with Crippen molar-refractivity contribution in [2.24, 2.45) is 5.14 Å². The van der Waals surface area contributed by atoms with Crippen LogP contribution in [0.2, 0.25) is 0 Å². The van der Waals surface area contributed by atoms with Crippen LogP contribution in [0.25, 0.3) is 0 Å². The van der Waals surface area contributed by atoms with E-state index in [1.165, 1.54) is 12.1 Å². The van der Waals surface area contributed by atoms with Gasteiger partial charge in [0.15, 0.2) is 0 Å². The minimum atomic E-state index is -3.74. The van der Waals surface area contributed by atoms with Gasteiger partial charge in [0.2, 0.25) is 10.0 Å². The molecule has 0 heterocycles. The van der Waals surface area contributed by atoms with E-state index in [1.807, 2.05) is 0 Å². The van der Waals surface area contributed by atoms with Crippen molar-refractivity contribution in [1.82, 2.24) is 5.32 Å². The number of carbonyl (C=O) groups excluding carboxylic acids is 1. The van der Waals surface area contributed by atoms with E-state index in [2.05, 4.69) is 5.32 Å². The normalized spacial score (nSPS) is 11.3. The van der Waals surface area contributed by atoms with E-state index < -0.39 is 27.6 Å². The summed E-state index contributed by atoms with van der Waals surface area (Å²) >= 11 is 0. The average molecular weight is 340 g/mol. The number of nitrogens with two attached hydrogens (primary N) is 1. The first-order valence-corrected chi connectivity index (χ1v) is 8.17. The summed E-state index contributed by atoms with van der Waals surface area (Å²) in [6.07, 6.45) is 0.416. The van der Waals surface area contributed by atoms with Crippen molar-refractivity contribution in [2.75, 3.05) is 6.54 Å². The number of hydrogen-bond donors (Lipinski definition) is 2. The summed E-state index contributed by atoms with van der Waals surface area (Å²) in [5.74, 6) is -2.34. The molecule has 1 amide bonds. The Hall–Kier alpha value is -2.32. The van der Waals surface area contributed by atoms with Gasteiger partial charge in [-0.3, -0.25) is 4.79 Å². The van der Waals surface area contributed by atoms with Crippen LogP contribution in [0.3, 0.4) is 0 Å². The molecule has 3 N–H and O–H groups in total. The second kappa shape index (κ2) is 6.84. The van der Waals surface area contributed by atoms with Crippen LogP contribution >= 0.6 is 0 Å². The van der Waals surface area contributed by atoms with Gasteiger partial charge in [-0.15, -0.1) is 0 Å². The van der Waals surface area contributed by atoms with E-state index in [-0.39, 0.29) is 17.0 Å². The van der Waals surface area contributed by atoms with Crippen molar-refractivity contribution in [3.05, 3.63) is 65.2 Å². The maximum atomic E-state index is 13.4. The lowest BCUT2D eigenvalue weighted by molar-refractivity contribution is 0.0950. The molecule has 0 aromatic heterocycles. The molecule has 0 radical (unpaired) electrons. The van der Waals surface area contributed by atoms with Crippen LogP contribution in [0.1, 0.15) is 15.9 Å². The molecule has 0 spiro atoms. The Morgan fingerprint density at radius 3 is 2.30 bits per heavy atom. The summed E-state index contributed by atoms with van der Waals surface area (Å²) in [5.41, 5.74) is 0.535. The summed E-state index contributed by atoms with van der Waals surface area (Å²) in [7, 11) is -3.74. The molecule has 8 heteroatoms. The maximum Gasteiger partial charge on any atom is 0.254 e. The molecule has 122 valence electrons. The van der Waals surface area contributed by atoms with Gasteiger partial charge in [0, 0.05) is 12.6 Å². The molecule has 0 saturated carbocycles. The molecule has 0 atom stereocenters. The highest BCUT2D eigenvalue weighted by Gasteiger charge is 2.12. The Balaban J connectivity index is 1.93. The lowest BCUT2D eigenvalue weighted by atomic mass is 10.1. The SMILES string of the molecule is NS(=O)(=O)c1ccc(CCNC(=O)c2ccc(F)cc2F)cc1. The summed E-state index contributed by atoms with van der Waals surface area (Å²) in [6.45, 7) is 0.213. The molecule has 2 aromatic carbocycles. The molecule has 2 rings (SSSR count). The fraction of sp³-hybridized carbons (Fsp3) is 0.133. The van der Waals surface area contributed by atoms with Gasteiger partial charge in [-0.25, -0.2) is 22.3 Å². The number of sulfonamides is 1. The minimum absolute atomic E-state index is 0.00123. The first-order valence-electron chi connectivity index (χ1n) is 6.62. The quantitative estimate of drug-likeness (QED) is 0.866. The number of rotatable bonds is 5. The Morgan fingerprint density at radius 1 is 1.09 bits per heavy atom. The summed E-state index contributed by atoms with van der Waals surface area (Å²) < 4.78 is 48.5.